The zero-order chi connectivity index (χ0) is 24.0. The molecule has 2 aromatic rings. The van der Waals surface area contributed by atoms with Crippen LogP contribution in [0.2, 0.25) is 0 Å². The third-order valence-electron chi connectivity index (χ3n) is 5.83. The van der Waals surface area contributed by atoms with E-state index in [0.717, 1.165) is 35.2 Å². The third-order valence-corrected chi connectivity index (χ3v) is 5.83. The summed E-state index contributed by atoms with van der Waals surface area (Å²) < 4.78 is 10.8. The molecule has 7 heteroatoms. The molecule has 1 fully saturated rings. The van der Waals surface area contributed by atoms with E-state index in [1.165, 1.54) is 7.11 Å². The zero-order valence-electron chi connectivity index (χ0n) is 19.7. The van der Waals surface area contributed by atoms with Gasteiger partial charge < -0.3 is 20.1 Å². The van der Waals surface area contributed by atoms with Gasteiger partial charge in [0.1, 0.15) is 11.8 Å². The maximum atomic E-state index is 12.9. The van der Waals surface area contributed by atoms with Crippen molar-refractivity contribution in [3.05, 3.63) is 59.2 Å². The lowest BCUT2D eigenvalue weighted by atomic mass is 10.00. The zero-order valence-corrected chi connectivity index (χ0v) is 19.7. The van der Waals surface area contributed by atoms with Crippen molar-refractivity contribution in [2.24, 2.45) is 0 Å². The van der Waals surface area contributed by atoms with Gasteiger partial charge in [0.05, 0.1) is 13.5 Å². The number of benzene rings is 2. The minimum absolute atomic E-state index is 0.0999. The van der Waals surface area contributed by atoms with Gasteiger partial charge in [-0.15, -0.1) is 0 Å². The topological polar surface area (TPSA) is 93.7 Å². The number of methoxy groups -OCH3 is 1. The van der Waals surface area contributed by atoms with Crippen molar-refractivity contribution in [3.63, 3.8) is 0 Å². The number of amides is 2. The summed E-state index contributed by atoms with van der Waals surface area (Å²) in [4.78, 5) is 37.1. The Bertz CT molecular complexity index is 990. The van der Waals surface area contributed by atoms with Gasteiger partial charge in [-0.25, -0.2) is 4.79 Å². The number of anilines is 1. The quantitative estimate of drug-likeness (QED) is 0.594. The maximum Gasteiger partial charge on any atom is 0.328 e. The average Bonchev–Trinajstić information content (AvgIpc) is 3.23. The van der Waals surface area contributed by atoms with Crippen molar-refractivity contribution >= 4 is 23.5 Å². The number of carbonyl (C=O) groups excluding carboxylic acids is 3. The van der Waals surface area contributed by atoms with Crippen LogP contribution in [-0.2, 0) is 25.5 Å². The molecule has 1 atom stereocenters. The second-order valence-electron chi connectivity index (χ2n) is 8.77. The first-order valence-electron chi connectivity index (χ1n) is 11.3. The van der Waals surface area contributed by atoms with Gasteiger partial charge in [0.2, 0.25) is 5.91 Å². The molecule has 0 saturated heterocycles. The fourth-order valence-corrected chi connectivity index (χ4v) is 4.22. The monoisotopic (exact) mass is 452 g/mol. The Morgan fingerprint density at radius 3 is 2.18 bits per heavy atom. The summed E-state index contributed by atoms with van der Waals surface area (Å²) in [5, 5.41) is 5.65. The number of nitrogens with one attached hydrogen (secondary N) is 2. The molecule has 1 aliphatic rings. The molecule has 2 amide bonds. The van der Waals surface area contributed by atoms with Crippen LogP contribution in [-0.4, -0.2) is 36.5 Å². The lowest BCUT2D eigenvalue weighted by Gasteiger charge is -2.30. The Morgan fingerprint density at radius 1 is 1.00 bits per heavy atom. The summed E-state index contributed by atoms with van der Waals surface area (Å²) in [5.74, 6) is -0.358. The van der Waals surface area contributed by atoms with E-state index in [4.69, 9.17) is 9.47 Å². The van der Waals surface area contributed by atoms with Crippen LogP contribution in [0.25, 0.3) is 0 Å². The molecule has 3 rings (SSSR count). The summed E-state index contributed by atoms with van der Waals surface area (Å²) in [7, 11) is 1.29. The van der Waals surface area contributed by atoms with Gasteiger partial charge in [-0.1, -0.05) is 18.2 Å². The maximum absolute atomic E-state index is 12.9. The van der Waals surface area contributed by atoms with Crippen molar-refractivity contribution < 1.29 is 23.9 Å². The summed E-state index contributed by atoms with van der Waals surface area (Å²) in [6.07, 6.45) is 3.13. The predicted molar refractivity (Wildman–Crippen MR) is 126 cm³/mol. The first-order valence-corrected chi connectivity index (χ1v) is 11.3. The van der Waals surface area contributed by atoms with Crippen LogP contribution in [0.5, 0.6) is 5.75 Å². The summed E-state index contributed by atoms with van der Waals surface area (Å²) >= 11 is 0. The first kappa shape index (κ1) is 24.3. The van der Waals surface area contributed by atoms with Crippen molar-refractivity contribution in [3.8, 4) is 5.75 Å². The second kappa shape index (κ2) is 10.5. The van der Waals surface area contributed by atoms with Crippen LogP contribution in [0.15, 0.2) is 42.5 Å². The molecule has 33 heavy (non-hydrogen) atoms. The van der Waals surface area contributed by atoms with Crippen LogP contribution in [0, 0.1) is 13.8 Å². The van der Waals surface area contributed by atoms with Crippen molar-refractivity contribution in [1.82, 2.24) is 5.32 Å². The number of esters is 1. The highest BCUT2D eigenvalue weighted by molar-refractivity contribution is 5.92. The van der Waals surface area contributed by atoms with Gasteiger partial charge in [0.15, 0.2) is 5.60 Å². The number of aryl methyl sites for hydroxylation is 2. The molecule has 0 aliphatic heterocycles. The molecule has 0 heterocycles. The molecule has 0 spiro atoms. The second-order valence-corrected chi connectivity index (χ2v) is 8.77. The van der Waals surface area contributed by atoms with Gasteiger partial charge >= 0.3 is 5.97 Å². The van der Waals surface area contributed by atoms with Gasteiger partial charge in [0, 0.05) is 5.69 Å². The highest BCUT2D eigenvalue weighted by atomic mass is 16.5. The molecule has 0 aromatic heterocycles. The van der Waals surface area contributed by atoms with E-state index in [9.17, 15) is 14.4 Å². The van der Waals surface area contributed by atoms with E-state index < -0.39 is 17.6 Å². The van der Waals surface area contributed by atoms with E-state index in [-0.39, 0.29) is 18.2 Å². The molecule has 176 valence electrons. The number of hydrogen-bond acceptors (Lipinski definition) is 5. The standard InChI is InChI=1S/C26H32N2O5/c1-17-13-18(2)15-21(14-17)28-23(29)16-20-7-9-22(10-8-20)33-26(11-5-6-12-26)25(31)27-19(3)24(30)32-4/h7-10,13-15,19H,5-6,11-12,16H2,1-4H3,(H,27,31)(H,28,29)/t19-/m1/s1. The number of hydrogen-bond donors (Lipinski definition) is 2. The summed E-state index contributed by atoms with van der Waals surface area (Å²) in [6.45, 7) is 5.58. The summed E-state index contributed by atoms with van der Waals surface area (Å²) in [5.41, 5.74) is 2.81. The van der Waals surface area contributed by atoms with Crippen LogP contribution in [0.1, 0.15) is 49.3 Å². The minimum atomic E-state index is -1.01. The number of ether oxygens (including phenoxy) is 2. The highest BCUT2D eigenvalue weighted by Crippen LogP contribution is 2.35. The Morgan fingerprint density at radius 2 is 1.61 bits per heavy atom. The van der Waals surface area contributed by atoms with E-state index >= 15 is 0 Å². The fourth-order valence-electron chi connectivity index (χ4n) is 4.22. The summed E-state index contributed by atoms with van der Waals surface area (Å²) in [6, 6.07) is 12.4. The normalized spacial score (nSPS) is 15.4. The van der Waals surface area contributed by atoms with E-state index in [0.29, 0.717) is 18.6 Å². The van der Waals surface area contributed by atoms with E-state index in [1.54, 1.807) is 19.1 Å². The largest absolute Gasteiger partial charge is 0.477 e. The Balaban J connectivity index is 1.62. The lowest BCUT2D eigenvalue weighted by molar-refractivity contribution is -0.147. The Labute approximate surface area is 194 Å². The minimum Gasteiger partial charge on any atom is -0.477 e. The molecule has 0 radical (unpaired) electrons. The molecule has 2 aromatic carbocycles. The predicted octanol–water partition coefficient (Wildman–Crippen LogP) is 3.85. The lowest BCUT2D eigenvalue weighted by Crippen LogP contribution is -2.53. The van der Waals surface area contributed by atoms with E-state index in [2.05, 4.69) is 16.7 Å². The molecule has 0 bridgehead atoms. The molecule has 7 nitrogen and oxygen atoms in total. The molecular weight excluding hydrogens is 420 g/mol. The molecule has 1 saturated carbocycles. The molecular formula is C26H32N2O5. The number of rotatable bonds is 8. The van der Waals surface area contributed by atoms with Gasteiger partial charge in [-0.05, 0) is 87.4 Å². The fraction of sp³-hybridized carbons (Fsp3) is 0.423. The van der Waals surface area contributed by atoms with Crippen molar-refractivity contribution in [2.75, 3.05) is 12.4 Å². The molecule has 2 N–H and O–H groups in total. The van der Waals surface area contributed by atoms with Crippen LogP contribution >= 0.6 is 0 Å². The van der Waals surface area contributed by atoms with Crippen molar-refractivity contribution in [2.45, 2.75) is 64.5 Å². The van der Waals surface area contributed by atoms with Gasteiger partial charge in [0.25, 0.3) is 5.91 Å². The molecule has 0 unspecified atom stereocenters. The average molecular weight is 453 g/mol. The first-order chi connectivity index (χ1) is 15.7. The van der Waals surface area contributed by atoms with Crippen LogP contribution in [0.3, 0.4) is 0 Å². The number of carbonyl (C=O) groups is 3. The Kier molecular flexibility index (Phi) is 7.74. The van der Waals surface area contributed by atoms with Gasteiger partial charge in [-0.2, -0.15) is 0 Å². The smallest absolute Gasteiger partial charge is 0.328 e. The van der Waals surface area contributed by atoms with Crippen LogP contribution < -0.4 is 15.4 Å². The van der Waals surface area contributed by atoms with Crippen molar-refractivity contribution in [1.29, 1.82) is 0 Å². The molecule has 1 aliphatic carbocycles. The SMILES string of the molecule is COC(=O)[C@@H](C)NC(=O)C1(Oc2ccc(CC(=O)Nc3cc(C)cc(C)c3)cc2)CCCC1. The third kappa shape index (κ3) is 6.34. The Hall–Kier alpha value is -3.35. The van der Waals surface area contributed by atoms with Gasteiger partial charge in [-0.3, -0.25) is 9.59 Å². The van der Waals surface area contributed by atoms with E-state index in [1.807, 2.05) is 38.1 Å². The highest BCUT2D eigenvalue weighted by Gasteiger charge is 2.44. The van der Waals surface area contributed by atoms with Crippen LogP contribution in [0.4, 0.5) is 5.69 Å².